The molecule has 10 rings (SSSR count). The molecule has 0 saturated heterocycles. The number of benzene rings is 9. The third kappa shape index (κ3) is 5.21. The number of hydrogen-bond acceptors (Lipinski definition) is 2. The van der Waals surface area contributed by atoms with E-state index in [0.717, 1.165) is 26.8 Å². The number of hydrogen-bond donors (Lipinski definition) is 0. The van der Waals surface area contributed by atoms with E-state index in [9.17, 15) is 11.0 Å². The molecule has 0 atom stereocenters. The van der Waals surface area contributed by atoms with Crippen LogP contribution in [0.1, 0.15) is 20.6 Å². The lowest BCUT2D eigenvalue weighted by molar-refractivity contribution is 0.672. The van der Waals surface area contributed by atoms with Crippen molar-refractivity contribution in [2.45, 2.75) is 0 Å². The minimum Gasteiger partial charge on any atom is -0.455 e. The summed E-state index contributed by atoms with van der Waals surface area (Å²) in [6.45, 7) is 0. The lowest BCUT2D eigenvalue weighted by Crippen LogP contribution is -2.10. The van der Waals surface area contributed by atoms with Gasteiger partial charge in [-0.15, -0.1) is 0 Å². The first-order chi connectivity index (χ1) is 32.0. The van der Waals surface area contributed by atoms with Crippen LogP contribution in [0.4, 0.5) is 17.1 Å². The number of furan rings is 1. The molecule has 0 unspecified atom stereocenters. The molecule has 52 heavy (non-hydrogen) atoms. The second-order valence-electron chi connectivity index (χ2n) is 12.1. The van der Waals surface area contributed by atoms with E-state index in [2.05, 4.69) is 0 Å². The fourth-order valence-electron chi connectivity index (χ4n) is 6.55. The highest BCUT2D eigenvalue weighted by Crippen LogP contribution is 2.45. The minimum absolute atomic E-state index is 0.0157. The summed E-state index contributed by atoms with van der Waals surface area (Å²) >= 11 is 0. The van der Waals surface area contributed by atoms with Gasteiger partial charge in [-0.3, -0.25) is 0 Å². The summed E-state index contributed by atoms with van der Waals surface area (Å²) in [6, 6.07) is 22.7. The third-order valence-electron chi connectivity index (χ3n) is 9.06. The van der Waals surface area contributed by atoms with Crippen LogP contribution in [0.3, 0.4) is 0 Å². The number of rotatable bonds is 6. The fourth-order valence-corrected chi connectivity index (χ4v) is 6.55. The van der Waals surface area contributed by atoms with Crippen molar-refractivity contribution in [2.75, 3.05) is 4.90 Å². The highest BCUT2D eigenvalue weighted by atomic mass is 16.3. The zero-order valence-electron chi connectivity index (χ0n) is 42.2. The van der Waals surface area contributed by atoms with Gasteiger partial charge in [-0.25, -0.2) is 0 Å². The molecule has 2 nitrogen and oxygen atoms in total. The zero-order chi connectivity index (χ0) is 47.5. The largest absolute Gasteiger partial charge is 0.455 e. The first kappa shape index (κ1) is 18.4. The maximum Gasteiger partial charge on any atom is 0.143 e. The predicted molar refractivity (Wildman–Crippen MR) is 220 cm³/mol. The van der Waals surface area contributed by atoms with Gasteiger partial charge in [-0.1, -0.05) is 151 Å². The molecule has 0 saturated carbocycles. The van der Waals surface area contributed by atoms with E-state index in [1.165, 1.54) is 0 Å². The Morgan fingerprint density at radius 2 is 1.02 bits per heavy atom. The molecule has 1 heterocycles. The average molecular weight is 679 g/mol. The van der Waals surface area contributed by atoms with Crippen LogP contribution in [0, 0.1) is 0 Å². The summed E-state index contributed by atoms with van der Waals surface area (Å²) < 4.78 is 143. The Hall–Kier alpha value is -6.90. The lowest BCUT2D eigenvalue weighted by Gasteiger charge is -2.26. The highest BCUT2D eigenvalue weighted by Gasteiger charge is 2.20. The molecule has 1 aromatic heterocycles. The van der Waals surface area contributed by atoms with Crippen LogP contribution in [-0.2, 0) is 0 Å². The van der Waals surface area contributed by atoms with Crippen LogP contribution < -0.4 is 4.90 Å². The Labute approximate surface area is 323 Å². The van der Waals surface area contributed by atoms with E-state index < -0.39 is 124 Å². The van der Waals surface area contributed by atoms with Gasteiger partial charge in [-0.2, -0.15) is 0 Å². The zero-order valence-corrected chi connectivity index (χ0v) is 27.2. The average Bonchev–Trinajstić information content (AvgIpc) is 3.73. The van der Waals surface area contributed by atoms with Crippen molar-refractivity contribution in [3.8, 4) is 33.4 Å². The SMILES string of the molecule is [2H]c1c([2H])c(N(c2c([2H])c([2H])c(-c3c([2H])c([2H])c4c([2H])c([2H])c([2H])c([2H])c4c3[2H])c([2H])c2[2H])c2cccc3oc4c5ccccc5ccc4c23)c([2H])c([2H])c1-c1ccc(-c2ccccc2)cc1. The molecule has 10 aromatic rings. The van der Waals surface area contributed by atoms with E-state index in [1.54, 1.807) is 30.3 Å². The summed E-state index contributed by atoms with van der Waals surface area (Å²) in [7, 11) is 0. The molecule has 244 valence electrons. The van der Waals surface area contributed by atoms with Crippen molar-refractivity contribution in [1.29, 1.82) is 0 Å². The highest BCUT2D eigenvalue weighted by molar-refractivity contribution is 6.19. The third-order valence-corrected chi connectivity index (χ3v) is 9.06. The van der Waals surface area contributed by atoms with Crippen LogP contribution in [0.15, 0.2) is 204 Å². The molecule has 0 aliphatic heterocycles. The molecule has 0 N–H and O–H groups in total. The van der Waals surface area contributed by atoms with Gasteiger partial charge in [0.05, 0.1) is 31.6 Å². The standard InChI is InChI=1S/C50H33NO/c1-2-9-34(10-3-1)36-17-19-37(20-18-36)38-23-28-43(29-24-38)51(44-30-25-39(26-31-44)42-22-21-35-11-4-5-13-41(35)33-42)47-15-8-16-48-49(47)46-32-27-40-12-6-7-14-45(40)50(46)52-48/h1-33H/i4D,5D,11D,13D,21D,22D,23D,24D,25D,26D,28D,29D,30D,31D,33D. The van der Waals surface area contributed by atoms with Crippen LogP contribution >= 0.6 is 0 Å². The van der Waals surface area contributed by atoms with Gasteiger partial charge in [0.2, 0.25) is 0 Å². The summed E-state index contributed by atoms with van der Waals surface area (Å²) in [5, 5.41) is 1.75. The molecule has 0 amide bonds. The minimum atomic E-state index is -0.803. The molecule has 9 aromatic carbocycles. The van der Waals surface area contributed by atoms with Crippen LogP contribution in [0.2, 0.25) is 0 Å². The molecular formula is C50H33NO. The Kier molecular flexibility index (Phi) is 4.40. The van der Waals surface area contributed by atoms with E-state index in [-0.39, 0.29) is 11.3 Å². The molecule has 0 spiro atoms. The Bertz CT molecular complexity index is 3700. The second kappa shape index (κ2) is 12.5. The smallest absolute Gasteiger partial charge is 0.143 e. The Morgan fingerprint density at radius 3 is 1.77 bits per heavy atom. The van der Waals surface area contributed by atoms with Gasteiger partial charge >= 0.3 is 0 Å². The summed E-state index contributed by atoms with van der Waals surface area (Å²) in [5.41, 5.74) is 1.03. The van der Waals surface area contributed by atoms with Gasteiger partial charge in [0, 0.05) is 22.1 Å². The van der Waals surface area contributed by atoms with Crippen molar-refractivity contribution in [1.82, 2.24) is 0 Å². The second-order valence-corrected chi connectivity index (χ2v) is 12.1. The van der Waals surface area contributed by atoms with E-state index in [1.807, 2.05) is 78.9 Å². The summed E-state index contributed by atoms with van der Waals surface area (Å²) in [5.74, 6) is 0. The quantitative estimate of drug-likeness (QED) is 0.174. The summed E-state index contributed by atoms with van der Waals surface area (Å²) in [6.07, 6.45) is 0. The number of nitrogens with zero attached hydrogens (tertiary/aromatic N) is 1. The van der Waals surface area contributed by atoms with Gasteiger partial charge in [0.15, 0.2) is 0 Å². The number of anilines is 3. The van der Waals surface area contributed by atoms with Crippen molar-refractivity contribution >= 4 is 60.5 Å². The van der Waals surface area contributed by atoms with Crippen molar-refractivity contribution in [2.24, 2.45) is 0 Å². The maximum atomic E-state index is 9.64. The van der Waals surface area contributed by atoms with Crippen molar-refractivity contribution in [3.05, 3.63) is 200 Å². The Morgan fingerprint density at radius 1 is 0.404 bits per heavy atom. The Balaban J connectivity index is 1.27. The van der Waals surface area contributed by atoms with Crippen LogP contribution in [0.25, 0.3) is 76.9 Å². The molecule has 0 radical (unpaired) electrons. The number of fused-ring (bicyclic) bond motifs is 6. The summed E-state index contributed by atoms with van der Waals surface area (Å²) in [4.78, 5) is 1.16. The maximum absolute atomic E-state index is 9.64. The molecule has 0 fully saturated rings. The first-order valence-electron chi connectivity index (χ1n) is 24.0. The van der Waals surface area contributed by atoms with E-state index in [4.69, 9.17) is 14.0 Å². The van der Waals surface area contributed by atoms with Crippen LogP contribution in [-0.4, -0.2) is 0 Å². The normalized spacial score (nSPS) is 15.5. The molecule has 0 aliphatic carbocycles. The van der Waals surface area contributed by atoms with Crippen molar-refractivity contribution < 1.29 is 25.0 Å². The van der Waals surface area contributed by atoms with Gasteiger partial charge in [0.1, 0.15) is 11.2 Å². The molecule has 0 bridgehead atoms. The van der Waals surface area contributed by atoms with Crippen LogP contribution in [0.5, 0.6) is 0 Å². The molecule has 2 heteroatoms. The van der Waals surface area contributed by atoms with Gasteiger partial charge < -0.3 is 9.32 Å². The van der Waals surface area contributed by atoms with E-state index >= 15 is 0 Å². The fraction of sp³-hybridized carbons (Fsp3) is 0. The lowest BCUT2D eigenvalue weighted by atomic mass is 9.99. The van der Waals surface area contributed by atoms with Gasteiger partial charge in [0.25, 0.3) is 0 Å². The van der Waals surface area contributed by atoms with Crippen molar-refractivity contribution in [3.63, 3.8) is 0 Å². The van der Waals surface area contributed by atoms with Gasteiger partial charge in [-0.05, 0) is 98.0 Å². The predicted octanol–water partition coefficient (Wildman–Crippen LogP) is 14.4. The van der Waals surface area contributed by atoms with E-state index in [0.29, 0.717) is 27.5 Å². The monoisotopic (exact) mass is 678 g/mol. The molecular weight excluding hydrogens is 631 g/mol. The first-order valence-corrected chi connectivity index (χ1v) is 16.5. The molecule has 0 aliphatic rings. The topological polar surface area (TPSA) is 16.4 Å².